The molecule has 2 N–H and O–H groups in total. The summed E-state index contributed by atoms with van der Waals surface area (Å²) >= 11 is 1.40. The van der Waals surface area contributed by atoms with E-state index in [4.69, 9.17) is 5.11 Å². The van der Waals surface area contributed by atoms with E-state index in [-0.39, 0.29) is 12.5 Å². The second kappa shape index (κ2) is 7.18. The predicted octanol–water partition coefficient (Wildman–Crippen LogP) is -0.716. The number of nitrogens with zero attached hydrogens (tertiary/aromatic N) is 4. The predicted molar refractivity (Wildman–Crippen MR) is 58.9 cm³/mol. The molecule has 1 amide bonds. The lowest BCUT2D eigenvalue weighted by molar-refractivity contribution is -0.120. The van der Waals surface area contributed by atoms with Gasteiger partial charge in [0.05, 0.1) is 13.2 Å². The summed E-state index contributed by atoms with van der Waals surface area (Å²) < 4.78 is 1.52. The normalized spacial score (nSPS) is 10.4. The van der Waals surface area contributed by atoms with Crippen LogP contribution in [0.3, 0.4) is 0 Å². The Morgan fingerprint density at radius 3 is 3.12 bits per heavy atom. The van der Waals surface area contributed by atoms with Gasteiger partial charge in [-0.15, -0.1) is 5.10 Å². The topological polar surface area (TPSA) is 92.9 Å². The third kappa shape index (κ3) is 4.15. The van der Waals surface area contributed by atoms with Crippen molar-refractivity contribution in [3.8, 4) is 0 Å². The highest BCUT2D eigenvalue weighted by molar-refractivity contribution is 7.99. The standard InChI is InChI=1S/C8H15N5O2S/c1-2-9-7(15)3-6-16-8-10-11-12-13(8)4-5-14/h14H,2-6H2,1H3,(H,9,15). The zero-order valence-corrected chi connectivity index (χ0v) is 9.90. The van der Waals surface area contributed by atoms with Gasteiger partial charge >= 0.3 is 0 Å². The van der Waals surface area contributed by atoms with Gasteiger partial charge in [-0.25, -0.2) is 4.68 Å². The molecule has 1 aromatic rings. The Kier molecular flexibility index (Phi) is 5.79. The first-order valence-corrected chi connectivity index (χ1v) is 6.03. The minimum Gasteiger partial charge on any atom is -0.394 e. The van der Waals surface area contributed by atoms with E-state index in [0.717, 1.165) is 0 Å². The van der Waals surface area contributed by atoms with Crippen LogP contribution in [0, 0.1) is 0 Å². The van der Waals surface area contributed by atoms with Crippen LogP contribution in [0.25, 0.3) is 0 Å². The van der Waals surface area contributed by atoms with Crippen molar-refractivity contribution in [1.29, 1.82) is 0 Å². The number of aliphatic hydroxyl groups excluding tert-OH is 1. The molecule has 0 aliphatic heterocycles. The molecule has 7 nitrogen and oxygen atoms in total. The maximum Gasteiger partial charge on any atom is 0.220 e. The first-order chi connectivity index (χ1) is 7.77. The lowest BCUT2D eigenvalue weighted by atomic mass is 10.4. The zero-order valence-electron chi connectivity index (χ0n) is 9.09. The number of aromatic nitrogens is 4. The smallest absolute Gasteiger partial charge is 0.220 e. The highest BCUT2D eigenvalue weighted by atomic mass is 32.2. The second-order valence-corrected chi connectivity index (χ2v) is 4.02. The lowest BCUT2D eigenvalue weighted by Gasteiger charge is -2.02. The number of amides is 1. The fourth-order valence-electron chi connectivity index (χ4n) is 1.06. The van der Waals surface area contributed by atoms with E-state index >= 15 is 0 Å². The van der Waals surface area contributed by atoms with Crippen molar-refractivity contribution in [3.63, 3.8) is 0 Å². The van der Waals surface area contributed by atoms with Gasteiger partial charge in [-0.1, -0.05) is 11.8 Å². The summed E-state index contributed by atoms with van der Waals surface area (Å²) in [6, 6.07) is 0. The quantitative estimate of drug-likeness (QED) is 0.616. The molecule has 0 aliphatic rings. The van der Waals surface area contributed by atoms with Crippen molar-refractivity contribution in [3.05, 3.63) is 0 Å². The van der Waals surface area contributed by atoms with E-state index in [9.17, 15) is 4.79 Å². The molecule has 0 radical (unpaired) electrons. The van der Waals surface area contributed by atoms with E-state index in [0.29, 0.717) is 30.4 Å². The minimum absolute atomic E-state index is 0.00504. The van der Waals surface area contributed by atoms with Gasteiger partial charge in [0.2, 0.25) is 11.1 Å². The van der Waals surface area contributed by atoms with Crippen LogP contribution in [0.1, 0.15) is 13.3 Å². The van der Waals surface area contributed by atoms with E-state index in [1.165, 1.54) is 16.4 Å². The monoisotopic (exact) mass is 245 g/mol. The molecular weight excluding hydrogens is 230 g/mol. The van der Waals surface area contributed by atoms with Gasteiger partial charge in [0.1, 0.15) is 0 Å². The van der Waals surface area contributed by atoms with Crippen molar-refractivity contribution in [1.82, 2.24) is 25.5 Å². The number of hydrogen-bond acceptors (Lipinski definition) is 6. The number of carbonyl (C=O) groups excluding carboxylic acids is 1. The van der Waals surface area contributed by atoms with Crippen molar-refractivity contribution >= 4 is 17.7 Å². The summed E-state index contributed by atoms with van der Waals surface area (Å²) in [5.41, 5.74) is 0. The molecule has 0 aromatic carbocycles. The first kappa shape index (κ1) is 12.9. The van der Waals surface area contributed by atoms with Crippen LogP contribution in [-0.2, 0) is 11.3 Å². The van der Waals surface area contributed by atoms with Gasteiger partial charge in [0, 0.05) is 18.7 Å². The van der Waals surface area contributed by atoms with Crippen molar-refractivity contribution in [2.45, 2.75) is 25.0 Å². The lowest BCUT2D eigenvalue weighted by Crippen LogP contribution is -2.22. The molecule has 1 heterocycles. The summed E-state index contributed by atoms with van der Waals surface area (Å²) in [5.74, 6) is 0.647. The van der Waals surface area contributed by atoms with E-state index in [1.54, 1.807) is 0 Å². The average molecular weight is 245 g/mol. The molecule has 0 bridgehead atoms. The number of tetrazole rings is 1. The summed E-state index contributed by atoms with van der Waals surface area (Å²) in [7, 11) is 0. The molecular formula is C8H15N5O2S. The number of nitrogens with one attached hydrogen (secondary N) is 1. The summed E-state index contributed by atoms with van der Waals surface area (Å²) in [6.45, 7) is 2.89. The molecule has 0 aliphatic carbocycles. The van der Waals surface area contributed by atoms with Crippen molar-refractivity contribution in [2.75, 3.05) is 18.9 Å². The van der Waals surface area contributed by atoms with Crippen LogP contribution in [0.15, 0.2) is 5.16 Å². The van der Waals surface area contributed by atoms with Crippen LogP contribution >= 0.6 is 11.8 Å². The first-order valence-electron chi connectivity index (χ1n) is 5.04. The summed E-state index contributed by atoms with van der Waals surface area (Å²) in [5, 5.41) is 23.1. The molecule has 8 heteroatoms. The van der Waals surface area contributed by atoms with Gasteiger partial charge in [-0.05, 0) is 17.4 Å². The van der Waals surface area contributed by atoms with E-state index < -0.39 is 0 Å². The maximum atomic E-state index is 11.2. The molecule has 0 unspecified atom stereocenters. The third-order valence-electron chi connectivity index (χ3n) is 1.75. The number of hydrogen-bond donors (Lipinski definition) is 2. The van der Waals surface area contributed by atoms with Crippen LogP contribution in [0.5, 0.6) is 0 Å². The van der Waals surface area contributed by atoms with Crippen molar-refractivity contribution < 1.29 is 9.90 Å². The molecule has 1 aromatic heterocycles. The van der Waals surface area contributed by atoms with E-state index in [1.807, 2.05) is 6.92 Å². The fourth-order valence-corrected chi connectivity index (χ4v) is 1.90. The van der Waals surface area contributed by atoms with Crippen LogP contribution in [0.2, 0.25) is 0 Å². The van der Waals surface area contributed by atoms with Crippen LogP contribution < -0.4 is 5.32 Å². The number of thioether (sulfide) groups is 1. The average Bonchev–Trinajstić information content (AvgIpc) is 2.67. The molecule has 1 rings (SSSR count). The molecule has 16 heavy (non-hydrogen) atoms. The molecule has 90 valence electrons. The SMILES string of the molecule is CCNC(=O)CCSc1nnnn1CCO. The van der Waals surface area contributed by atoms with Crippen LogP contribution in [-0.4, -0.2) is 50.1 Å². The largest absolute Gasteiger partial charge is 0.394 e. The van der Waals surface area contributed by atoms with E-state index in [2.05, 4.69) is 20.8 Å². The Morgan fingerprint density at radius 1 is 1.62 bits per heavy atom. The number of carbonyl (C=O) groups is 1. The van der Waals surface area contributed by atoms with Gasteiger partial charge in [-0.2, -0.15) is 0 Å². The second-order valence-electron chi connectivity index (χ2n) is 2.96. The maximum absolute atomic E-state index is 11.2. The Bertz CT molecular complexity index is 330. The van der Waals surface area contributed by atoms with Crippen LogP contribution in [0.4, 0.5) is 0 Å². The van der Waals surface area contributed by atoms with Gasteiger partial charge in [-0.3, -0.25) is 4.79 Å². The summed E-state index contributed by atoms with van der Waals surface area (Å²) in [4.78, 5) is 11.2. The molecule has 0 fully saturated rings. The van der Waals surface area contributed by atoms with Crippen molar-refractivity contribution in [2.24, 2.45) is 0 Å². The number of rotatable bonds is 7. The highest BCUT2D eigenvalue weighted by Crippen LogP contribution is 2.14. The fraction of sp³-hybridized carbons (Fsp3) is 0.750. The molecule has 0 atom stereocenters. The molecule has 0 saturated carbocycles. The number of aliphatic hydroxyl groups is 1. The Hall–Kier alpha value is -1.15. The summed E-state index contributed by atoms with van der Waals surface area (Å²) in [6.07, 6.45) is 0.435. The minimum atomic E-state index is -0.00504. The Balaban J connectivity index is 2.31. The third-order valence-corrected chi connectivity index (χ3v) is 2.70. The Morgan fingerprint density at radius 2 is 2.44 bits per heavy atom. The van der Waals surface area contributed by atoms with Gasteiger partial charge in [0.15, 0.2) is 0 Å². The molecule has 0 spiro atoms. The van der Waals surface area contributed by atoms with Gasteiger partial charge < -0.3 is 10.4 Å². The highest BCUT2D eigenvalue weighted by Gasteiger charge is 2.07. The zero-order chi connectivity index (χ0) is 11.8. The Labute approximate surface area is 97.6 Å². The molecule has 0 saturated heterocycles. The van der Waals surface area contributed by atoms with Gasteiger partial charge in [0.25, 0.3) is 0 Å².